The molecule has 0 amide bonds. The first-order chi connectivity index (χ1) is 7.38. The molecule has 0 radical (unpaired) electrons. The second-order valence-corrected chi connectivity index (χ2v) is 4.38. The largest absolute Gasteiger partial charge is 0.380 e. The normalized spacial score (nSPS) is 17.0. The molecule has 90 valence electrons. The van der Waals surface area contributed by atoms with Gasteiger partial charge in [-0.3, -0.25) is 4.90 Å². The first kappa shape index (κ1) is 12.9. The molecule has 0 aromatic heterocycles. The molecule has 1 aliphatic carbocycles. The van der Waals surface area contributed by atoms with Gasteiger partial charge in [-0.2, -0.15) is 0 Å². The zero-order valence-electron chi connectivity index (χ0n) is 10.1. The summed E-state index contributed by atoms with van der Waals surface area (Å²) in [6.45, 7) is 6.97. The number of hydrogen-bond acceptors (Lipinski definition) is 3. The lowest BCUT2D eigenvalue weighted by molar-refractivity contribution is 0.0641. The zero-order chi connectivity index (χ0) is 10.9. The molecule has 0 unspecified atom stereocenters. The van der Waals surface area contributed by atoms with Crippen molar-refractivity contribution in [1.82, 2.24) is 4.90 Å². The molecule has 0 atom stereocenters. The van der Waals surface area contributed by atoms with E-state index < -0.39 is 0 Å². The lowest BCUT2D eigenvalue weighted by Gasteiger charge is -2.37. The maximum Gasteiger partial charge on any atom is 0.0593 e. The fourth-order valence-corrected chi connectivity index (χ4v) is 1.95. The molecule has 0 spiro atoms. The summed E-state index contributed by atoms with van der Waals surface area (Å²) in [6, 6.07) is 0.821. The van der Waals surface area contributed by atoms with Crippen LogP contribution in [0.3, 0.4) is 0 Å². The second kappa shape index (κ2) is 8.08. The Morgan fingerprint density at radius 1 is 1.27 bits per heavy atom. The molecule has 1 fully saturated rings. The minimum atomic E-state index is 0.805. The van der Waals surface area contributed by atoms with Crippen molar-refractivity contribution < 1.29 is 4.74 Å². The topological polar surface area (TPSA) is 38.5 Å². The number of hydrogen-bond donors (Lipinski definition) is 1. The summed E-state index contributed by atoms with van der Waals surface area (Å²) in [5, 5.41) is 0. The van der Waals surface area contributed by atoms with Crippen LogP contribution in [0.15, 0.2) is 0 Å². The summed E-state index contributed by atoms with van der Waals surface area (Å²) in [5.74, 6) is 0. The number of nitrogens with two attached hydrogens (primary N) is 1. The quantitative estimate of drug-likeness (QED) is 0.593. The summed E-state index contributed by atoms with van der Waals surface area (Å²) in [5.41, 5.74) is 5.55. The standard InChI is InChI=1S/C12H26N2O/c1-2-10-15-11-9-14(8-4-7-13)12-5-3-6-12/h12H,2-11,13H2,1H3. The fourth-order valence-electron chi connectivity index (χ4n) is 1.95. The van der Waals surface area contributed by atoms with Gasteiger partial charge in [-0.1, -0.05) is 13.3 Å². The highest BCUT2D eigenvalue weighted by molar-refractivity contribution is 4.79. The van der Waals surface area contributed by atoms with Crippen LogP contribution in [0.1, 0.15) is 39.0 Å². The first-order valence-corrected chi connectivity index (χ1v) is 6.40. The van der Waals surface area contributed by atoms with Gasteiger partial charge in [0, 0.05) is 19.2 Å². The van der Waals surface area contributed by atoms with E-state index in [1.54, 1.807) is 0 Å². The monoisotopic (exact) mass is 214 g/mol. The Bertz CT molecular complexity index is 149. The third-order valence-electron chi connectivity index (χ3n) is 3.11. The van der Waals surface area contributed by atoms with E-state index in [0.717, 1.165) is 51.7 Å². The summed E-state index contributed by atoms with van der Waals surface area (Å²) in [6.07, 6.45) is 6.38. The van der Waals surface area contributed by atoms with E-state index in [2.05, 4.69) is 11.8 Å². The predicted octanol–water partition coefficient (Wildman–Crippen LogP) is 1.62. The van der Waals surface area contributed by atoms with Gasteiger partial charge in [-0.05, 0) is 38.8 Å². The molecular weight excluding hydrogens is 188 g/mol. The zero-order valence-corrected chi connectivity index (χ0v) is 10.1. The highest BCUT2D eigenvalue weighted by Gasteiger charge is 2.23. The van der Waals surface area contributed by atoms with Gasteiger partial charge in [0.15, 0.2) is 0 Å². The van der Waals surface area contributed by atoms with Crippen LogP contribution in [0.25, 0.3) is 0 Å². The maximum absolute atomic E-state index is 5.55. The molecule has 1 saturated carbocycles. The van der Waals surface area contributed by atoms with E-state index in [9.17, 15) is 0 Å². The Morgan fingerprint density at radius 3 is 2.60 bits per heavy atom. The Kier molecular flexibility index (Phi) is 6.98. The Hall–Kier alpha value is -0.120. The molecule has 0 bridgehead atoms. The molecule has 0 saturated heterocycles. The summed E-state index contributed by atoms with van der Waals surface area (Å²) in [7, 11) is 0. The lowest BCUT2D eigenvalue weighted by Crippen LogP contribution is -2.43. The lowest BCUT2D eigenvalue weighted by atomic mass is 9.91. The molecule has 0 aliphatic heterocycles. The minimum Gasteiger partial charge on any atom is -0.380 e. The van der Waals surface area contributed by atoms with Crippen LogP contribution in [0, 0.1) is 0 Å². The third-order valence-corrected chi connectivity index (χ3v) is 3.11. The van der Waals surface area contributed by atoms with E-state index in [-0.39, 0.29) is 0 Å². The van der Waals surface area contributed by atoms with Gasteiger partial charge >= 0.3 is 0 Å². The SMILES string of the molecule is CCCOCCN(CCCN)C1CCC1. The molecule has 0 aromatic carbocycles. The van der Waals surface area contributed by atoms with Crippen LogP contribution < -0.4 is 5.73 Å². The van der Waals surface area contributed by atoms with Crippen LogP contribution in [-0.2, 0) is 4.74 Å². The number of nitrogens with zero attached hydrogens (tertiary/aromatic N) is 1. The smallest absolute Gasteiger partial charge is 0.0593 e. The Labute approximate surface area is 94.0 Å². The van der Waals surface area contributed by atoms with Crippen LogP contribution in [0.5, 0.6) is 0 Å². The van der Waals surface area contributed by atoms with Crippen LogP contribution in [0.4, 0.5) is 0 Å². The van der Waals surface area contributed by atoms with Crippen molar-refractivity contribution in [3.8, 4) is 0 Å². The van der Waals surface area contributed by atoms with Gasteiger partial charge in [0.25, 0.3) is 0 Å². The second-order valence-electron chi connectivity index (χ2n) is 4.38. The van der Waals surface area contributed by atoms with Gasteiger partial charge < -0.3 is 10.5 Å². The van der Waals surface area contributed by atoms with Crippen molar-refractivity contribution in [3.05, 3.63) is 0 Å². The highest BCUT2D eigenvalue weighted by Crippen LogP contribution is 2.24. The van der Waals surface area contributed by atoms with Gasteiger partial charge in [-0.15, -0.1) is 0 Å². The van der Waals surface area contributed by atoms with E-state index in [4.69, 9.17) is 10.5 Å². The van der Waals surface area contributed by atoms with Crippen molar-refractivity contribution in [2.45, 2.75) is 45.1 Å². The summed E-state index contributed by atoms with van der Waals surface area (Å²) >= 11 is 0. The Morgan fingerprint density at radius 2 is 2.07 bits per heavy atom. The van der Waals surface area contributed by atoms with Gasteiger partial charge in [0.1, 0.15) is 0 Å². The molecular formula is C12H26N2O. The molecule has 2 N–H and O–H groups in total. The molecule has 15 heavy (non-hydrogen) atoms. The molecule has 0 heterocycles. The van der Waals surface area contributed by atoms with Crippen molar-refractivity contribution in [2.75, 3.05) is 32.8 Å². The van der Waals surface area contributed by atoms with Crippen LogP contribution in [0.2, 0.25) is 0 Å². The van der Waals surface area contributed by atoms with Crippen molar-refractivity contribution in [1.29, 1.82) is 0 Å². The van der Waals surface area contributed by atoms with Gasteiger partial charge in [-0.25, -0.2) is 0 Å². The molecule has 3 nitrogen and oxygen atoms in total. The first-order valence-electron chi connectivity index (χ1n) is 6.40. The average molecular weight is 214 g/mol. The molecule has 0 aromatic rings. The summed E-state index contributed by atoms with van der Waals surface area (Å²) in [4.78, 5) is 2.56. The summed E-state index contributed by atoms with van der Waals surface area (Å²) < 4.78 is 5.54. The molecule has 1 rings (SSSR count). The van der Waals surface area contributed by atoms with Crippen molar-refractivity contribution >= 4 is 0 Å². The van der Waals surface area contributed by atoms with E-state index in [1.807, 2.05) is 0 Å². The average Bonchev–Trinajstić information content (AvgIpc) is 2.17. The predicted molar refractivity (Wildman–Crippen MR) is 64.0 cm³/mol. The fraction of sp³-hybridized carbons (Fsp3) is 1.00. The third kappa shape index (κ3) is 4.96. The van der Waals surface area contributed by atoms with Crippen molar-refractivity contribution in [2.24, 2.45) is 5.73 Å². The maximum atomic E-state index is 5.55. The van der Waals surface area contributed by atoms with E-state index in [0.29, 0.717) is 0 Å². The van der Waals surface area contributed by atoms with Gasteiger partial charge in [0.05, 0.1) is 6.61 Å². The van der Waals surface area contributed by atoms with Crippen LogP contribution >= 0.6 is 0 Å². The highest BCUT2D eigenvalue weighted by atomic mass is 16.5. The van der Waals surface area contributed by atoms with Crippen LogP contribution in [-0.4, -0.2) is 43.8 Å². The number of rotatable bonds is 9. The Balaban J connectivity index is 2.10. The molecule has 1 aliphatic rings. The minimum absolute atomic E-state index is 0.805. The number of ether oxygens (including phenoxy) is 1. The van der Waals surface area contributed by atoms with Gasteiger partial charge in [0.2, 0.25) is 0 Å². The van der Waals surface area contributed by atoms with E-state index in [1.165, 1.54) is 19.3 Å². The van der Waals surface area contributed by atoms with Crippen molar-refractivity contribution in [3.63, 3.8) is 0 Å². The molecule has 3 heteroatoms. The van der Waals surface area contributed by atoms with E-state index >= 15 is 0 Å².